The van der Waals surface area contributed by atoms with E-state index in [2.05, 4.69) is 25.9 Å². The van der Waals surface area contributed by atoms with Crippen molar-refractivity contribution in [3.8, 4) is 11.5 Å². The smallest absolute Gasteiger partial charge is 0.418 e. The average molecular weight is 687 g/mol. The van der Waals surface area contributed by atoms with E-state index in [9.17, 15) is 26.4 Å². The van der Waals surface area contributed by atoms with Gasteiger partial charge in [0.1, 0.15) is 23.0 Å². The van der Waals surface area contributed by atoms with E-state index in [1.165, 1.54) is 28.6 Å². The number of rotatable bonds is 8. The zero-order valence-electron chi connectivity index (χ0n) is 25.7. The molecule has 2 aromatic heterocycles. The number of alkyl halides is 3. The van der Waals surface area contributed by atoms with Crippen LogP contribution in [0.2, 0.25) is 0 Å². The lowest BCUT2D eigenvalue weighted by Crippen LogP contribution is -2.46. The SMILES string of the molecule is O=C(Nc1ccccc1C(F)(F)F)c1cccc2c(Oc3cc(Nc4ccc(S(=O)(=O)N5CCNCC5)cc4)nc4[nH]ccc34)cccc12. The Labute approximate surface area is 279 Å². The van der Waals surface area contributed by atoms with E-state index < -0.39 is 27.7 Å². The third-order valence-corrected chi connectivity index (χ3v) is 10.1. The number of aromatic nitrogens is 2. The van der Waals surface area contributed by atoms with Crippen LogP contribution in [0.15, 0.2) is 108 Å². The molecule has 6 aromatic rings. The lowest BCUT2D eigenvalue weighted by molar-refractivity contribution is -0.136. The number of carbonyl (C=O) groups excluding carboxylic acids is 1. The van der Waals surface area contributed by atoms with Crippen molar-refractivity contribution in [2.24, 2.45) is 0 Å². The molecule has 0 unspecified atom stereocenters. The minimum absolute atomic E-state index is 0.172. The predicted molar refractivity (Wildman–Crippen MR) is 181 cm³/mol. The molecule has 250 valence electrons. The Bertz CT molecular complexity index is 2290. The zero-order chi connectivity index (χ0) is 34.2. The molecule has 4 aromatic carbocycles. The highest BCUT2D eigenvalue weighted by Crippen LogP contribution is 2.38. The number of nitrogens with one attached hydrogen (secondary N) is 4. The summed E-state index contributed by atoms with van der Waals surface area (Å²) in [6.45, 7) is 2.03. The fourth-order valence-electron chi connectivity index (χ4n) is 5.76. The fourth-order valence-corrected chi connectivity index (χ4v) is 7.20. The normalized spacial score (nSPS) is 14.2. The zero-order valence-corrected chi connectivity index (χ0v) is 26.5. The lowest BCUT2D eigenvalue weighted by atomic mass is 10.0. The Balaban J connectivity index is 1.16. The number of pyridine rings is 1. The number of anilines is 3. The minimum Gasteiger partial charge on any atom is -0.456 e. The average Bonchev–Trinajstić information content (AvgIpc) is 3.58. The molecule has 0 saturated carbocycles. The van der Waals surface area contributed by atoms with Gasteiger partial charge in [-0.05, 0) is 60.0 Å². The summed E-state index contributed by atoms with van der Waals surface area (Å²) in [4.78, 5) is 21.2. The molecule has 4 N–H and O–H groups in total. The third-order valence-electron chi connectivity index (χ3n) is 8.16. The van der Waals surface area contributed by atoms with Gasteiger partial charge in [-0.2, -0.15) is 17.5 Å². The van der Waals surface area contributed by atoms with Crippen molar-refractivity contribution in [1.29, 1.82) is 0 Å². The van der Waals surface area contributed by atoms with Crippen molar-refractivity contribution < 1.29 is 31.1 Å². The van der Waals surface area contributed by atoms with Crippen LogP contribution in [0.25, 0.3) is 21.8 Å². The molecule has 0 atom stereocenters. The van der Waals surface area contributed by atoms with E-state index in [0.717, 1.165) is 6.07 Å². The van der Waals surface area contributed by atoms with Gasteiger partial charge in [-0.3, -0.25) is 4.79 Å². The summed E-state index contributed by atoms with van der Waals surface area (Å²) in [6.07, 6.45) is -2.92. The molecular formula is C35H29F3N6O4S. The summed E-state index contributed by atoms with van der Waals surface area (Å²) < 4.78 is 74.7. The molecule has 3 heterocycles. The number of H-pyrrole nitrogens is 1. The molecule has 1 amide bonds. The molecule has 0 radical (unpaired) electrons. The second-order valence-electron chi connectivity index (χ2n) is 11.3. The molecule has 49 heavy (non-hydrogen) atoms. The van der Waals surface area contributed by atoms with Crippen LogP contribution in [0, 0.1) is 0 Å². The van der Waals surface area contributed by atoms with Crippen LogP contribution < -0.4 is 20.7 Å². The first-order chi connectivity index (χ1) is 23.6. The van der Waals surface area contributed by atoms with Gasteiger partial charge in [0.15, 0.2) is 0 Å². The summed E-state index contributed by atoms with van der Waals surface area (Å²) in [7, 11) is -3.61. The molecule has 7 rings (SSSR count). The molecule has 14 heteroatoms. The molecule has 0 aliphatic carbocycles. The van der Waals surface area contributed by atoms with Crippen molar-refractivity contribution in [2.75, 3.05) is 36.8 Å². The number of piperazine rings is 1. The van der Waals surface area contributed by atoms with E-state index in [4.69, 9.17) is 4.74 Å². The van der Waals surface area contributed by atoms with Gasteiger partial charge in [0.25, 0.3) is 5.91 Å². The van der Waals surface area contributed by atoms with Gasteiger partial charge in [-0.15, -0.1) is 0 Å². The number of sulfonamides is 1. The van der Waals surface area contributed by atoms with Crippen LogP contribution >= 0.6 is 0 Å². The molecule has 1 aliphatic heterocycles. The number of amides is 1. The summed E-state index contributed by atoms with van der Waals surface area (Å²) in [5, 5.41) is 10.5. The number of benzene rings is 4. The number of nitrogens with zero attached hydrogens (tertiary/aromatic N) is 2. The van der Waals surface area contributed by atoms with Crippen LogP contribution in [-0.2, 0) is 16.2 Å². The van der Waals surface area contributed by atoms with Crippen LogP contribution in [0.5, 0.6) is 11.5 Å². The number of ether oxygens (including phenoxy) is 1. The molecule has 0 spiro atoms. The van der Waals surface area contributed by atoms with Crippen molar-refractivity contribution >= 4 is 54.9 Å². The van der Waals surface area contributed by atoms with Crippen molar-refractivity contribution in [3.63, 3.8) is 0 Å². The number of fused-ring (bicyclic) bond motifs is 2. The number of halogens is 3. The van der Waals surface area contributed by atoms with Crippen LogP contribution in [0.3, 0.4) is 0 Å². The highest BCUT2D eigenvalue weighted by molar-refractivity contribution is 7.89. The summed E-state index contributed by atoms with van der Waals surface area (Å²) in [5.41, 5.74) is 0.0256. The number of hydrogen-bond donors (Lipinski definition) is 4. The highest BCUT2D eigenvalue weighted by Gasteiger charge is 2.34. The summed E-state index contributed by atoms with van der Waals surface area (Å²) in [5.74, 6) is 0.569. The van der Waals surface area contributed by atoms with Crippen molar-refractivity contribution in [1.82, 2.24) is 19.6 Å². The molecule has 10 nitrogen and oxygen atoms in total. The maximum atomic E-state index is 13.6. The largest absolute Gasteiger partial charge is 0.456 e. The van der Waals surface area contributed by atoms with Gasteiger partial charge < -0.3 is 25.7 Å². The maximum Gasteiger partial charge on any atom is 0.418 e. The first kappa shape index (κ1) is 32.1. The second-order valence-corrected chi connectivity index (χ2v) is 13.2. The minimum atomic E-state index is -4.64. The van der Waals surface area contributed by atoms with Crippen LogP contribution in [-0.4, -0.2) is 54.8 Å². The number of carbonyl (C=O) groups is 1. The fraction of sp³-hybridized carbons (Fsp3) is 0.143. The van der Waals surface area contributed by atoms with E-state index in [-0.39, 0.29) is 16.1 Å². The first-order valence-electron chi connectivity index (χ1n) is 15.3. The van der Waals surface area contributed by atoms with Crippen LogP contribution in [0.4, 0.5) is 30.4 Å². The predicted octanol–water partition coefficient (Wildman–Crippen LogP) is 7.12. The van der Waals surface area contributed by atoms with E-state index in [1.807, 2.05) is 0 Å². The molecule has 0 bridgehead atoms. The summed E-state index contributed by atoms with van der Waals surface area (Å²) in [6, 6.07) is 24.8. The van der Waals surface area contributed by atoms with Gasteiger partial charge in [0.2, 0.25) is 10.0 Å². The first-order valence-corrected chi connectivity index (χ1v) is 16.8. The Kier molecular flexibility index (Phi) is 8.44. The van der Waals surface area contributed by atoms with E-state index in [0.29, 0.717) is 71.0 Å². The van der Waals surface area contributed by atoms with Crippen molar-refractivity contribution in [3.05, 3.63) is 114 Å². The lowest BCUT2D eigenvalue weighted by Gasteiger charge is -2.26. The van der Waals surface area contributed by atoms with Gasteiger partial charge in [-0.25, -0.2) is 13.4 Å². The number of hydrogen-bond acceptors (Lipinski definition) is 7. The Hall–Kier alpha value is -5.44. The molecular weight excluding hydrogens is 657 g/mol. The van der Waals surface area contributed by atoms with Crippen LogP contribution in [0.1, 0.15) is 15.9 Å². The maximum absolute atomic E-state index is 13.6. The standard InChI is InChI=1S/C35H29F3N6O4S/c36-35(37,38)28-8-1-2-9-29(28)42-34(45)26-7-3-6-25-24(26)5-4-10-30(25)48-31-21-32(43-33-27(31)15-16-40-33)41-22-11-13-23(14-12-22)49(46,47)44-19-17-39-18-20-44/h1-16,21,39H,17-20H2,(H,42,45)(H2,40,41,43). The van der Waals surface area contributed by atoms with Gasteiger partial charge in [0, 0.05) is 55.1 Å². The van der Waals surface area contributed by atoms with E-state index in [1.54, 1.807) is 72.9 Å². The Morgan fingerprint density at radius 1 is 0.837 bits per heavy atom. The second kappa shape index (κ2) is 12.9. The Morgan fingerprint density at radius 3 is 2.35 bits per heavy atom. The van der Waals surface area contributed by atoms with Gasteiger partial charge in [0.05, 0.1) is 21.5 Å². The topological polar surface area (TPSA) is 128 Å². The molecule has 1 saturated heterocycles. The third kappa shape index (κ3) is 6.53. The Morgan fingerprint density at radius 2 is 1.57 bits per heavy atom. The van der Waals surface area contributed by atoms with Gasteiger partial charge in [-0.1, -0.05) is 36.4 Å². The molecule has 1 fully saturated rings. The quantitative estimate of drug-likeness (QED) is 0.134. The molecule has 1 aliphatic rings. The highest BCUT2D eigenvalue weighted by atomic mass is 32.2. The van der Waals surface area contributed by atoms with E-state index >= 15 is 0 Å². The van der Waals surface area contributed by atoms with Gasteiger partial charge >= 0.3 is 6.18 Å². The number of para-hydroxylation sites is 1. The van der Waals surface area contributed by atoms with Crippen molar-refractivity contribution in [2.45, 2.75) is 11.1 Å². The monoisotopic (exact) mass is 686 g/mol. The number of aromatic amines is 1. The summed E-state index contributed by atoms with van der Waals surface area (Å²) >= 11 is 0.